The number of hydrogen-bond acceptors (Lipinski definition) is 3. The van der Waals surface area contributed by atoms with Crippen molar-refractivity contribution in [3.63, 3.8) is 0 Å². The monoisotopic (exact) mass is 364 g/mol. The van der Waals surface area contributed by atoms with E-state index in [0.717, 1.165) is 0 Å². The molecule has 146 valence electrons. The van der Waals surface area contributed by atoms with Crippen LogP contribution in [0, 0.1) is 0 Å². The fourth-order valence-electron chi connectivity index (χ4n) is 3.29. The van der Waals surface area contributed by atoms with E-state index in [0.29, 0.717) is 0 Å². The zero-order chi connectivity index (χ0) is 18.5. The van der Waals surface area contributed by atoms with Crippen LogP contribution >= 0.6 is 8.60 Å². The van der Waals surface area contributed by atoms with Gasteiger partial charge in [0, 0.05) is 6.61 Å². The minimum Gasteiger partial charge on any atom is -0.820 e. The van der Waals surface area contributed by atoms with Gasteiger partial charge in [0.05, 0.1) is 53.4 Å². The van der Waals surface area contributed by atoms with E-state index >= 15 is 0 Å². The van der Waals surface area contributed by atoms with Crippen molar-refractivity contribution in [1.82, 2.24) is 0 Å². The van der Waals surface area contributed by atoms with Crippen LogP contribution in [0.5, 0.6) is 0 Å². The number of hydrogen-bond donors (Lipinski definition) is 0. The molecule has 0 aromatic carbocycles. The number of piperidine rings is 2. The largest absolute Gasteiger partial charge is 0.820 e. The van der Waals surface area contributed by atoms with Crippen molar-refractivity contribution in [1.29, 1.82) is 0 Å². The van der Waals surface area contributed by atoms with Crippen LogP contribution in [0.2, 0.25) is 0 Å². The minimum absolute atomic E-state index is 0.235. The SMILES string of the molecule is CCOP([O-])[O-].CC[N+]1(C)CCCCC1.CC[N+]1(C)CCCCC1. The second kappa shape index (κ2) is 13.4. The third-order valence-corrected chi connectivity index (χ3v) is 6.02. The zero-order valence-electron chi connectivity index (χ0n) is 16.8. The topological polar surface area (TPSA) is 55.3 Å². The molecule has 2 aliphatic heterocycles. The first-order valence-electron chi connectivity index (χ1n) is 9.75. The average molecular weight is 365 g/mol. The van der Waals surface area contributed by atoms with Crippen LogP contribution < -0.4 is 9.79 Å². The van der Waals surface area contributed by atoms with Gasteiger partial charge in [-0.1, -0.05) is 0 Å². The van der Waals surface area contributed by atoms with Gasteiger partial charge in [-0.05, 0) is 59.3 Å². The standard InChI is InChI=1S/2C8H18N.C2H5O3P/c2*1-3-9(2)7-5-4-6-8-9;1-2-5-6(3)4/h2*3-8H2,1-2H3;2H2,1H3/q2*+1;-2. The molecule has 0 atom stereocenters. The fraction of sp³-hybridized carbons (Fsp3) is 1.00. The first-order valence-corrected chi connectivity index (χ1v) is 10.8. The Balaban J connectivity index is 0.000000340. The van der Waals surface area contributed by atoms with E-state index in [1.165, 1.54) is 86.8 Å². The Morgan fingerprint density at radius 1 is 0.708 bits per heavy atom. The maximum atomic E-state index is 9.41. The van der Waals surface area contributed by atoms with Gasteiger partial charge in [-0.3, -0.25) is 0 Å². The molecule has 2 saturated heterocycles. The number of nitrogens with zero attached hydrogens (tertiary/aromatic N) is 2. The summed E-state index contributed by atoms with van der Waals surface area (Å²) in [6.45, 7) is 14.7. The summed E-state index contributed by atoms with van der Waals surface area (Å²) in [4.78, 5) is 18.8. The molecule has 0 amide bonds. The van der Waals surface area contributed by atoms with Gasteiger partial charge in [0.1, 0.15) is 0 Å². The Morgan fingerprint density at radius 2 is 1.04 bits per heavy atom. The number of rotatable bonds is 4. The van der Waals surface area contributed by atoms with Crippen molar-refractivity contribution in [2.24, 2.45) is 0 Å². The van der Waals surface area contributed by atoms with E-state index < -0.39 is 8.60 Å². The Morgan fingerprint density at radius 3 is 1.17 bits per heavy atom. The van der Waals surface area contributed by atoms with E-state index in [2.05, 4.69) is 32.5 Å². The van der Waals surface area contributed by atoms with E-state index in [1.54, 1.807) is 6.92 Å². The third-order valence-electron chi connectivity index (χ3n) is 5.55. The molecule has 2 aliphatic rings. The molecule has 0 radical (unpaired) electrons. The smallest absolute Gasteiger partial charge is 0.0784 e. The lowest BCUT2D eigenvalue weighted by atomic mass is 10.1. The van der Waals surface area contributed by atoms with Crippen molar-refractivity contribution >= 4 is 8.60 Å². The lowest BCUT2D eigenvalue weighted by molar-refractivity contribution is -0.912. The third kappa shape index (κ3) is 11.7. The molecule has 0 saturated carbocycles. The predicted molar refractivity (Wildman–Crippen MR) is 99.2 cm³/mol. The minimum atomic E-state index is -2.60. The first-order chi connectivity index (χ1) is 11.3. The van der Waals surface area contributed by atoms with Gasteiger partial charge in [-0.2, -0.15) is 8.60 Å². The lowest BCUT2D eigenvalue weighted by Gasteiger charge is -2.36. The van der Waals surface area contributed by atoms with Gasteiger partial charge < -0.3 is 23.3 Å². The highest BCUT2D eigenvalue weighted by molar-refractivity contribution is 7.36. The molecule has 2 fully saturated rings. The van der Waals surface area contributed by atoms with Crippen LogP contribution in [-0.2, 0) is 4.52 Å². The van der Waals surface area contributed by atoms with Crippen molar-refractivity contribution in [2.45, 2.75) is 59.3 Å². The van der Waals surface area contributed by atoms with Gasteiger partial charge in [0.2, 0.25) is 0 Å². The molecule has 6 heteroatoms. The van der Waals surface area contributed by atoms with Gasteiger partial charge >= 0.3 is 0 Å². The van der Waals surface area contributed by atoms with E-state index in [-0.39, 0.29) is 6.61 Å². The second-order valence-corrected chi connectivity index (χ2v) is 8.23. The van der Waals surface area contributed by atoms with Gasteiger partial charge in [0.25, 0.3) is 0 Å². The molecular formula is C18H41N2O3P. The van der Waals surface area contributed by atoms with Crippen LogP contribution in [0.1, 0.15) is 59.3 Å². The molecule has 0 spiro atoms. The highest BCUT2D eigenvalue weighted by Crippen LogP contribution is 2.15. The van der Waals surface area contributed by atoms with Crippen molar-refractivity contribution in [2.75, 3.05) is 60.0 Å². The zero-order valence-corrected chi connectivity index (χ0v) is 17.7. The molecule has 0 aromatic heterocycles. The molecule has 0 aliphatic carbocycles. The molecular weight excluding hydrogens is 323 g/mol. The Bertz CT molecular complexity index is 268. The summed E-state index contributed by atoms with van der Waals surface area (Å²) in [6, 6.07) is 0. The summed E-state index contributed by atoms with van der Waals surface area (Å²) in [5.41, 5.74) is 0. The number of quaternary nitrogens is 2. The summed E-state index contributed by atoms with van der Waals surface area (Å²) in [6.07, 6.45) is 8.73. The van der Waals surface area contributed by atoms with Crippen molar-refractivity contribution in [3.8, 4) is 0 Å². The van der Waals surface area contributed by atoms with Gasteiger partial charge in [-0.15, -0.1) is 0 Å². The molecule has 24 heavy (non-hydrogen) atoms. The fourth-order valence-corrected chi connectivity index (χ4v) is 3.50. The maximum Gasteiger partial charge on any atom is 0.0784 e. The predicted octanol–water partition coefficient (Wildman–Crippen LogP) is 2.24. The van der Waals surface area contributed by atoms with Gasteiger partial charge in [0.15, 0.2) is 0 Å². The van der Waals surface area contributed by atoms with E-state index in [9.17, 15) is 9.79 Å². The van der Waals surface area contributed by atoms with Crippen molar-refractivity contribution < 1.29 is 23.3 Å². The molecule has 5 nitrogen and oxygen atoms in total. The molecule has 2 rings (SSSR count). The van der Waals surface area contributed by atoms with Gasteiger partial charge in [-0.25, -0.2) is 0 Å². The van der Waals surface area contributed by atoms with Crippen LogP contribution in [0.4, 0.5) is 0 Å². The highest BCUT2D eigenvalue weighted by atomic mass is 31.2. The Labute approximate surface area is 151 Å². The first kappa shape index (κ1) is 24.2. The summed E-state index contributed by atoms with van der Waals surface area (Å²) in [7, 11) is 2.15. The second-order valence-electron chi connectivity index (χ2n) is 7.53. The molecule has 0 unspecified atom stereocenters. The average Bonchev–Trinajstić information content (AvgIpc) is 2.57. The van der Waals surface area contributed by atoms with E-state index in [4.69, 9.17) is 0 Å². The van der Waals surface area contributed by atoms with Crippen LogP contribution in [0.25, 0.3) is 0 Å². The number of likely N-dealkylation sites (tertiary alicyclic amines) is 2. The summed E-state index contributed by atoms with van der Waals surface area (Å²) >= 11 is 0. The normalized spacial score (nSPS) is 22.0. The highest BCUT2D eigenvalue weighted by Gasteiger charge is 2.22. The lowest BCUT2D eigenvalue weighted by Crippen LogP contribution is -2.47. The van der Waals surface area contributed by atoms with Crippen LogP contribution in [-0.4, -0.2) is 68.9 Å². The molecule has 0 aromatic rings. The Hall–Kier alpha value is 0.230. The molecule has 2 heterocycles. The molecule has 0 N–H and O–H groups in total. The van der Waals surface area contributed by atoms with Crippen LogP contribution in [0.15, 0.2) is 0 Å². The summed E-state index contributed by atoms with van der Waals surface area (Å²) in [5, 5.41) is 0. The summed E-state index contributed by atoms with van der Waals surface area (Å²) in [5.74, 6) is 0. The molecule has 0 bridgehead atoms. The van der Waals surface area contributed by atoms with E-state index in [1.807, 2.05) is 0 Å². The Kier molecular flexibility index (Phi) is 13.6. The maximum absolute atomic E-state index is 9.41. The summed E-state index contributed by atoms with van der Waals surface area (Å²) < 4.78 is 6.63. The quantitative estimate of drug-likeness (QED) is 0.568. The van der Waals surface area contributed by atoms with Crippen LogP contribution in [0.3, 0.4) is 0 Å². The van der Waals surface area contributed by atoms with Crippen molar-refractivity contribution in [3.05, 3.63) is 0 Å².